The van der Waals surface area contributed by atoms with E-state index >= 15 is 0 Å². The number of hydrogen-bond donors (Lipinski definition) is 4. The van der Waals surface area contributed by atoms with Crippen molar-refractivity contribution >= 4 is 92.8 Å². The molecule has 0 spiro atoms. The molecule has 0 unspecified atom stereocenters. The van der Waals surface area contributed by atoms with Gasteiger partial charge in [0, 0.05) is 50.3 Å². The average Bonchev–Trinajstić information content (AvgIpc) is 3.27. The maximum atomic E-state index is 12.0. The minimum Gasteiger partial charge on any atom is -2.00 e. The number of aryl methyl sites for hydroxylation is 4. The van der Waals surface area contributed by atoms with Gasteiger partial charge in [-0.15, -0.1) is 116 Å². The van der Waals surface area contributed by atoms with Gasteiger partial charge in [0.05, 0.1) is 21.4 Å². The summed E-state index contributed by atoms with van der Waals surface area (Å²) in [4.78, 5) is 0. The van der Waals surface area contributed by atoms with E-state index in [4.69, 9.17) is 92.8 Å². The molecule has 0 heterocycles. The molecule has 6 rings (SSSR count). The predicted octanol–water partition coefficient (Wildman–Crippen LogP) is 10.7. The zero-order valence-corrected chi connectivity index (χ0v) is 48.2. The van der Waals surface area contributed by atoms with Crippen molar-refractivity contribution in [1.82, 2.24) is 21.3 Å². The molecule has 0 bridgehead atoms. The smallest absolute Gasteiger partial charge is 2.00 e. The third-order valence-electron chi connectivity index (χ3n) is 10.6. The molecular formula is C48H64Cl8N4O6Ti2. The Balaban J connectivity index is -0.000000466. The minimum absolute atomic E-state index is 0. The van der Waals surface area contributed by atoms with Gasteiger partial charge < -0.3 is 52.6 Å². The Hall–Kier alpha value is -0.411. The SMILES string of the molecule is Cc1ccc([O-])c(CN[C@@H]2CCCC[C@H]2NCc2cc(C)ccc2[O-])c1.Cc1ccc([O-])c(CN[C@H]2CCCC[C@@H]2NCc2cc(C)ccc2[O-])c1.ClCCl.ClCCl.ClCCl.ClCCl.[O-2].[O-2].[Ti+4].[Ti+4]. The zero-order chi connectivity index (χ0) is 47.9. The van der Waals surface area contributed by atoms with Crippen LogP contribution in [0.2, 0.25) is 0 Å². The largest absolute Gasteiger partial charge is 4.00 e. The number of nitrogens with one attached hydrogen (secondary N) is 4. The number of benzene rings is 4. The van der Waals surface area contributed by atoms with E-state index in [0.29, 0.717) is 50.3 Å². The Morgan fingerprint density at radius 1 is 0.368 bits per heavy atom. The average molecular weight is 1170 g/mol. The molecule has 2 fully saturated rings. The first kappa shape index (κ1) is 74.1. The van der Waals surface area contributed by atoms with Crippen molar-refractivity contribution < 1.29 is 74.8 Å². The molecule has 2 aliphatic rings. The Morgan fingerprint density at radius 2 is 0.529 bits per heavy atom. The number of alkyl halides is 8. The van der Waals surface area contributed by atoms with Gasteiger partial charge in [0.1, 0.15) is 0 Å². The van der Waals surface area contributed by atoms with Gasteiger partial charge in [-0.25, -0.2) is 0 Å². The molecule has 68 heavy (non-hydrogen) atoms. The van der Waals surface area contributed by atoms with Crippen LogP contribution in [0, 0.1) is 27.7 Å². The van der Waals surface area contributed by atoms with Crippen LogP contribution in [0.15, 0.2) is 72.8 Å². The second kappa shape index (κ2) is 45.2. The Morgan fingerprint density at radius 3 is 0.691 bits per heavy atom. The Bertz CT molecular complexity index is 1610. The number of rotatable bonds is 12. The molecule has 4 N–H and O–H groups in total. The van der Waals surface area contributed by atoms with Crippen LogP contribution in [0.4, 0.5) is 0 Å². The van der Waals surface area contributed by atoms with Gasteiger partial charge in [-0.2, -0.15) is 0 Å². The minimum atomic E-state index is 0. The first-order valence-corrected chi connectivity index (χ1v) is 25.5. The number of hydrogen-bond acceptors (Lipinski definition) is 8. The topological polar surface area (TPSA) is 197 Å². The van der Waals surface area contributed by atoms with Gasteiger partial charge in [0.25, 0.3) is 0 Å². The fourth-order valence-corrected chi connectivity index (χ4v) is 7.59. The predicted molar refractivity (Wildman–Crippen MR) is 270 cm³/mol. The summed E-state index contributed by atoms with van der Waals surface area (Å²) in [6, 6.07) is 23.2. The molecule has 4 aromatic rings. The van der Waals surface area contributed by atoms with Gasteiger partial charge in [0.2, 0.25) is 0 Å². The van der Waals surface area contributed by atoms with Crippen molar-refractivity contribution in [3.8, 4) is 23.0 Å². The molecule has 0 aromatic heterocycles. The molecule has 20 heteroatoms. The van der Waals surface area contributed by atoms with Crippen LogP contribution in [-0.4, -0.2) is 45.5 Å². The monoisotopic (exact) mass is 1170 g/mol. The maximum absolute atomic E-state index is 12.0. The third-order valence-corrected chi connectivity index (χ3v) is 10.6. The van der Waals surface area contributed by atoms with Crippen LogP contribution in [-0.2, 0) is 80.6 Å². The summed E-state index contributed by atoms with van der Waals surface area (Å²) in [7, 11) is 0. The molecule has 0 radical (unpaired) electrons. The molecular weight excluding hydrogens is 1110 g/mol. The van der Waals surface area contributed by atoms with Crippen molar-refractivity contribution in [3.63, 3.8) is 0 Å². The Kier molecular flexibility index (Phi) is 49.3. The molecule has 0 amide bonds. The van der Waals surface area contributed by atoms with E-state index < -0.39 is 0 Å². The van der Waals surface area contributed by atoms with Crippen molar-refractivity contribution in [2.24, 2.45) is 0 Å². The molecule has 4 atom stereocenters. The normalized spacial score (nSPS) is 16.5. The summed E-state index contributed by atoms with van der Waals surface area (Å²) in [6.07, 6.45) is 9.17. The fraction of sp³-hybridized carbons (Fsp3) is 0.500. The quantitative estimate of drug-likeness (QED) is 0.0794. The van der Waals surface area contributed by atoms with Crippen LogP contribution in [0.1, 0.15) is 95.9 Å². The van der Waals surface area contributed by atoms with Gasteiger partial charge in [-0.05, 0) is 75.6 Å². The first-order chi connectivity index (χ1) is 30.7. The summed E-state index contributed by atoms with van der Waals surface area (Å²) in [5, 5.41) is 63.2. The van der Waals surface area contributed by atoms with Crippen molar-refractivity contribution in [2.75, 3.05) is 21.4 Å². The second-order valence-corrected chi connectivity index (χ2v) is 18.6. The summed E-state index contributed by atoms with van der Waals surface area (Å²) < 4.78 is 0. The van der Waals surface area contributed by atoms with E-state index in [1.54, 1.807) is 24.3 Å². The molecule has 10 nitrogen and oxygen atoms in total. The molecule has 2 aliphatic carbocycles. The molecule has 2 saturated carbocycles. The maximum Gasteiger partial charge on any atom is 4.00 e. The van der Waals surface area contributed by atoms with Gasteiger partial charge in [-0.3, -0.25) is 0 Å². The summed E-state index contributed by atoms with van der Waals surface area (Å²) in [6.45, 7) is 10.4. The summed E-state index contributed by atoms with van der Waals surface area (Å²) in [5.41, 5.74) is 7.77. The third kappa shape index (κ3) is 31.2. The van der Waals surface area contributed by atoms with Crippen LogP contribution < -0.4 is 41.7 Å². The van der Waals surface area contributed by atoms with E-state index in [1.807, 2.05) is 76.2 Å². The first-order valence-electron chi connectivity index (χ1n) is 21.2. The van der Waals surface area contributed by atoms with E-state index in [0.717, 1.165) is 70.2 Å². The standard InChI is InChI=1S/2C22H30N2O2.4CH2Cl2.2O.2Ti/c2*1-15-7-9-21(25)17(11-15)13-23-19-5-3-4-6-20(19)24-14-18-12-16(2)8-10-22(18)26;4*2-1-3;;;;/h2*7-12,19-20,23-26H,3-6,13-14H2,1-2H3;4*1H2;;;;/q;;;;;;2*-2;2*+4/p-4/t2*19-,20-;;;;;;;;/m10......../s1. The van der Waals surface area contributed by atoms with Crippen LogP contribution in [0.25, 0.3) is 0 Å². The molecule has 0 aliphatic heterocycles. The Labute approximate surface area is 475 Å². The van der Waals surface area contributed by atoms with Crippen LogP contribution in [0.3, 0.4) is 0 Å². The van der Waals surface area contributed by atoms with E-state index in [-0.39, 0.29) is 98.7 Å². The number of halogens is 8. The van der Waals surface area contributed by atoms with Crippen molar-refractivity contribution in [2.45, 2.75) is 129 Å². The second-order valence-electron chi connectivity index (χ2n) is 15.4. The molecule has 4 aromatic carbocycles. The van der Waals surface area contributed by atoms with Gasteiger partial charge in [0.15, 0.2) is 0 Å². The summed E-state index contributed by atoms with van der Waals surface area (Å²) >= 11 is 38.1. The van der Waals surface area contributed by atoms with Gasteiger partial charge >= 0.3 is 43.4 Å². The van der Waals surface area contributed by atoms with E-state index in [2.05, 4.69) is 21.3 Å². The fourth-order valence-electron chi connectivity index (χ4n) is 7.59. The van der Waals surface area contributed by atoms with Gasteiger partial charge in [-0.1, -0.05) is 121 Å². The van der Waals surface area contributed by atoms with Crippen molar-refractivity contribution in [1.29, 1.82) is 0 Å². The van der Waals surface area contributed by atoms with E-state index in [1.165, 1.54) is 25.7 Å². The van der Waals surface area contributed by atoms with E-state index in [9.17, 15) is 20.4 Å². The molecule has 376 valence electrons. The summed E-state index contributed by atoms with van der Waals surface area (Å²) in [5.74, 6) is 0.386. The van der Waals surface area contributed by atoms with Crippen molar-refractivity contribution in [3.05, 3.63) is 117 Å². The zero-order valence-electron chi connectivity index (χ0n) is 39.0. The van der Waals surface area contributed by atoms with Crippen LogP contribution >= 0.6 is 92.8 Å². The van der Waals surface area contributed by atoms with Crippen LogP contribution in [0.5, 0.6) is 23.0 Å². The molecule has 0 saturated heterocycles.